The highest BCUT2D eigenvalue weighted by molar-refractivity contribution is 7.81. The second kappa shape index (κ2) is 7.05. The third kappa shape index (κ3) is 6.73. The molecule has 1 unspecified atom stereocenters. The maximum Gasteiger partial charge on any atom is 0.233 e. The second-order valence-electron chi connectivity index (χ2n) is 2.35. The number of nitrogens with one attached hydrogen (secondary N) is 2. The fraction of sp³-hybridized carbons (Fsp3) is 0.667. The van der Waals surface area contributed by atoms with E-state index in [1.165, 1.54) is 0 Å². The Bertz CT molecular complexity index is 189. The lowest BCUT2D eigenvalue weighted by Gasteiger charge is -2.11. The van der Waals surface area contributed by atoms with E-state index in [4.69, 9.17) is 5.84 Å². The molecule has 1 atom stereocenters. The fourth-order valence-electron chi connectivity index (χ4n) is 0.644. The number of hydrazine groups is 1. The zero-order valence-corrected chi connectivity index (χ0v) is 8.78. The van der Waals surface area contributed by atoms with Crippen LogP contribution in [0.3, 0.4) is 0 Å². The summed E-state index contributed by atoms with van der Waals surface area (Å²) in [6.45, 7) is 0. The predicted octanol–water partition coefficient (Wildman–Crippen LogP) is -0.942. The molecule has 0 fully saturated rings. The molecule has 0 bridgehead atoms. The summed E-state index contributed by atoms with van der Waals surface area (Å²) in [7, 11) is 0. The Kier molecular flexibility index (Phi) is 6.83. The number of thiol groups is 2. The quantitative estimate of drug-likeness (QED) is 0.137. The van der Waals surface area contributed by atoms with Crippen LogP contribution in [-0.4, -0.2) is 22.9 Å². The van der Waals surface area contributed by atoms with Gasteiger partial charge in [0, 0.05) is 6.42 Å². The van der Waals surface area contributed by atoms with Crippen molar-refractivity contribution in [3.05, 3.63) is 0 Å². The van der Waals surface area contributed by atoms with Crippen LogP contribution < -0.4 is 16.6 Å². The van der Waals surface area contributed by atoms with Gasteiger partial charge in [0.2, 0.25) is 11.8 Å². The van der Waals surface area contributed by atoms with Crippen LogP contribution in [0.5, 0.6) is 0 Å². The van der Waals surface area contributed by atoms with Crippen LogP contribution in [0.25, 0.3) is 0 Å². The van der Waals surface area contributed by atoms with E-state index < -0.39 is 0 Å². The van der Waals surface area contributed by atoms with Crippen molar-refractivity contribution in [3.63, 3.8) is 0 Å². The summed E-state index contributed by atoms with van der Waals surface area (Å²) < 4.78 is 0. The summed E-state index contributed by atoms with van der Waals surface area (Å²) in [6.07, 6.45) is 0.670. The van der Waals surface area contributed by atoms with Crippen LogP contribution in [0.1, 0.15) is 12.8 Å². The molecule has 0 heterocycles. The van der Waals surface area contributed by atoms with E-state index in [1.54, 1.807) is 0 Å². The number of nitrogens with two attached hydrogens (primary N) is 1. The minimum absolute atomic E-state index is 0.111. The smallest absolute Gasteiger partial charge is 0.233 e. The van der Waals surface area contributed by atoms with E-state index >= 15 is 0 Å². The molecule has 0 radical (unpaired) electrons. The Labute approximate surface area is 87.6 Å². The van der Waals surface area contributed by atoms with Gasteiger partial charge < -0.3 is 5.32 Å². The molecule has 0 spiro atoms. The Balaban J connectivity index is 3.56. The molecule has 7 heteroatoms. The number of rotatable bonds is 5. The second-order valence-corrected chi connectivity index (χ2v) is 3.29. The van der Waals surface area contributed by atoms with Gasteiger partial charge in [-0.3, -0.25) is 15.0 Å². The Hall–Kier alpha value is -0.400. The molecule has 0 rings (SSSR count). The lowest BCUT2D eigenvalue weighted by atomic mass is 10.3. The fourth-order valence-corrected chi connectivity index (χ4v) is 1.01. The van der Waals surface area contributed by atoms with E-state index in [0.29, 0.717) is 6.42 Å². The summed E-state index contributed by atoms with van der Waals surface area (Å²) in [5.74, 6) is 4.48. The Morgan fingerprint density at radius 1 is 1.38 bits per heavy atom. The molecule has 0 saturated heterocycles. The van der Waals surface area contributed by atoms with Gasteiger partial charge in [-0.05, 0) is 6.42 Å². The molecule has 2 amide bonds. The van der Waals surface area contributed by atoms with Gasteiger partial charge >= 0.3 is 0 Å². The molecule has 13 heavy (non-hydrogen) atoms. The third-order valence-electron chi connectivity index (χ3n) is 1.28. The van der Waals surface area contributed by atoms with Crippen molar-refractivity contribution in [1.82, 2.24) is 10.7 Å². The molecule has 0 aliphatic heterocycles. The molecule has 0 aromatic heterocycles. The van der Waals surface area contributed by atoms with Crippen molar-refractivity contribution in [3.8, 4) is 0 Å². The molecule has 0 aromatic carbocycles. The average molecular weight is 223 g/mol. The molecule has 0 aliphatic rings. The summed E-state index contributed by atoms with van der Waals surface area (Å²) in [5, 5.41) is 2.20. The highest BCUT2D eigenvalue weighted by Crippen LogP contribution is 2.00. The largest absolute Gasteiger partial charge is 0.344 e. The van der Waals surface area contributed by atoms with Gasteiger partial charge in [0.25, 0.3) is 0 Å². The summed E-state index contributed by atoms with van der Waals surface area (Å²) in [5.41, 5.74) is 1.99. The molecule has 0 aromatic rings. The highest BCUT2D eigenvalue weighted by Gasteiger charge is 2.08. The normalized spacial score (nSPS) is 11.9. The van der Waals surface area contributed by atoms with E-state index in [2.05, 4.69) is 30.6 Å². The molecule has 5 nitrogen and oxygen atoms in total. The van der Waals surface area contributed by atoms with Crippen LogP contribution >= 0.6 is 25.3 Å². The van der Waals surface area contributed by atoms with Crippen LogP contribution in [-0.2, 0) is 9.59 Å². The van der Waals surface area contributed by atoms with Crippen LogP contribution in [0.2, 0.25) is 0 Å². The molecular formula is C6H13N3O2S2. The van der Waals surface area contributed by atoms with Crippen LogP contribution in [0.4, 0.5) is 0 Å². The van der Waals surface area contributed by atoms with Crippen molar-refractivity contribution in [1.29, 1.82) is 0 Å². The average Bonchev–Trinajstić information content (AvgIpc) is 2.13. The van der Waals surface area contributed by atoms with Crippen molar-refractivity contribution in [2.45, 2.75) is 18.2 Å². The van der Waals surface area contributed by atoms with E-state index in [-0.39, 0.29) is 29.4 Å². The minimum Gasteiger partial charge on any atom is -0.344 e. The first-order chi connectivity index (χ1) is 6.10. The van der Waals surface area contributed by atoms with Crippen LogP contribution in [0.15, 0.2) is 0 Å². The summed E-state index contributed by atoms with van der Waals surface area (Å²) in [6, 6.07) is 0. The monoisotopic (exact) mass is 223 g/mol. The van der Waals surface area contributed by atoms with Gasteiger partial charge in [0.05, 0.1) is 11.1 Å². The molecule has 4 N–H and O–H groups in total. The first-order valence-electron chi connectivity index (χ1n) is 3.68. The molecule has 0 saturated carbocycles. The Morgan fingerprint density at radius 3 is 2.46 bits per heavy atom. The zero-order valence-electron chi connectivity index (χ0n) is 6.99. The van der Waals surface area contributed by atoms with Gasteiger partial charge in [-0.1, -0.05) is 0 Å². The number of carbonyl (C=O) groups is 2. The minimum atomic E-state index is -0.336. The van der Waals surface area contributed by atoms with E-state index in [9.17, 15) is 9.59 Å². The highest BCUT2D eigenvalue weighted by atomic mass is 32.1. The van der Waals surface area contributed by atoms with Gasteiger partial charge in [0.1, 0.15) is 0 Å². The summed E-state index contributed by atoms with van der Waals surface area (Å²) in [4.78, 5) is 21.4. The van der Waals surface area contributed by atoms with Crippen molar-refractivity contribution < 1.29 is 9.59 Å². The standard InChI is InChI=1S/C6H13N3O2S2/c7-9-4(10)1-2-6(13)8-5(11)3-12/h6,12-13H,1-3,7H2,(H,8,11)(H,9,10). The maximum absolute atomic E-state index is 10.8. The number of carbonyl (C=O) groups excluding carboxylic acids is 2. The molecular weight excluding hydrogens is 210 g/mol. The van der Waals surface area contributed by atoms with Gasteiger partial charge in [-0.2, -0.15) is 25.3 Å². The van der Waals surface area contributed by atoms with Crippen LogP contribution in [0, 0.1) is 0 Å². The van der Waals surface area contributed by atoms with E-state index in [1.807, 2.05) is 5.43 Å². The van der Waals surface area contributed by atoms with E-state index in [0.717, 1.165) is 0 Å². The topological polar surface area (TPSA) is 84.2 Å². The first kappa shape index (κ1) is 12.6. The molecule has 0 aliphatic carbocycles. The number of hydrogen-bond donors (Lipinski definition) is 5. The Morgan fingerprint density at radius 2 is 2.00 bits per heavy atom. The summed E-state index contributed by atoms with van der Waals surface area (Å²) >= 11 is 7.82. The predicted molar refractivity (Wildman–Crippen MR) is 56.3 cm³/mol. The van der Waals surface area contributed by atoms with Gasteiger partial charge in [-0.25, -0.2) is 5.84 Å². The van der Waals surface area contributed by atoms with Crippen molar-refractivity contribution >= 4 is 37.1 Å². The van der Waals surface area contributed by atoms with Gasteiger partial charge in [0.15, 0.2) is 0 Å². The lowest BCUT2D eigenvalue weighted by Crippen LogP contribution is -2.34. The number of amides is 2. The SMILES string of the molecule is NNC(=O)CCC(S)NC(=O)CS. The van der Waals surface area contributed by atoms with Crippen molar-refractivity contribution in [2.75, 3.05) is 5.75 Å². The maximum atomic E-state index is 10.8. The zero-order chi connectivity index (χ0) is 10.3. The third-order valence-corrected chi connectivity index (χ3v) is 1.95. The first-order valence-corrected chi connectivity index (χ1v) is 4.82. The molecule has 76 valence electrons. The lowest BCUT2D eigenvalue weighted by molar-refractivity contribution is -0.122. The van der Waals surface area contributed by atoms with Gasteiger partial charge in [-0.15, -0.1) is 0 Å². The number of hydrogen-bond acceptors (Lipinski definition) is 5. The van der Waals surface area contributed by atoms with Crippen molar-refractivity contribution in [2.24, 2.45) is 5.84 Å².